The fraction of sp³-hybridized carbons (Fsp3) is 0.333. The fourth-order valence-electron chi connectivity index (χ4n) is 4.41. The number of para-hydroxylation sites is 1. The Hall–Kier alpha value is -2.23. The number of thioether (sulfide) groups is 2. The highest BCUT2D eigenvalue weighted by atomic mass is 32.2. The Morgan fingerprint density at radius 3 is 2.36 bits per heavy atom. The van der Waals surface area contributed by atoms with Crippen molar-refractivity contribution in [2.45, 2.75) is 54.9 Å². The Labute approximate surface area is 203 Å². The van der Waals surface area contributed by atoms with E-state index >= 15 is 0 Å². The van der Waals surface area contributed by atoms with Crippen molar-refractivity contribution in [3.63, 3.8) is 0 Å². The number of nitrogens with zero attached hydrogens (tertiary/aromatic N) is 3. The molecule has 1 saturated heterocycles. The van der Waals surface area contributed by atoms with Gasteiger partial charge in [0, 0.05) is 18.0 Å². The molecule has 9 heteroatoms. The molecule has 2 aliphatic heterocycles. The number of carbonyl (C=O) groups is 1. The molecule has 0 bridgehead atoms. The molecule has 3 aliphatic rings. The molecule has 0 unspecified atom stereocenters. The van der Waals surface area contributed by atoms with Crippen molar-refractivity contribution in [3.8, 4) is 0 Å². The van der Waals surface area contributed by atoms with Crippen LogP contribution >= 0.6 is 23.5 Å². The van der Waals surface area contributed by atoms with Gasteiger partial charge in [-0.05, 0) is 55.8 Å². The number of rotatable bonds is 3. The molecular formula is C24H25N3O3S3. The summed E-state index contributed by atoms with van der Waals surface area (Å²) in [6.45, 7) is 1.91. The second-order valence-corrected chi connectivity index (χ2v) is 12.1. The average Bonchev–Trinajstić information content (AvgIpc) is 3.30. The maximum atomic E-state index is 13.7. The molecule has 0 atom stereocenters. The highest BCUT2D eigenvalue weighted by Crippen LogP contribution is 2.50. The van der Waals surface area contributed by atoms with E-state index in [1.54, 1.807) is 40.9 Å². The van der Waals surface area contributed by atoms with Crippen LogP contribution in [0.2, 0.25) is 0 Å². The topological polar surface area (TPSA) is 70.0 Å². The number of amidine groups is 1. The Bertz CT molecular complexity index is 1260. The van der Waals surface area contributed by atoms with E-state index in [2.05, 4.69) is 4.40 Å². The van der Waals surface area contributed by atoms with Crippen molar-refractivity contribution in [1.29, 1.82) is 0 Å². The molecule has 1 aliphatic carbocycles. The van der Waals surface area contributed by atoms with Crippen LogP contribution in [0.25, 0.3) is 0 Å². The standard InChI is InChI=1S/C24H25N3O3S3/c1-16-12-14-18(15-13-16)33(29,30)25-24-27(17-8-4-3-5-9-17)22(28)21(32-24)23-26(2)19-10-6-7-11-20(19)31-23/h6-7,10-15,17H,3-5,8-9H2,1-2H3. The fourth-order valence-corrected chi connectivity index (χ4v) is 7.98. The predicted octanol–water partition coefficient (Wildman–Crippen LogP) is 5.36. The summed E-state index contributed by atoms with van der Waals surface area (Å²) in [5, 5.41) is 1.09. The first-order chi connectivity index (χ1) is 15.8. The SMILES string of the molecule is Cc1ccc(S(=O)(=O)N=C2SC(=C3Sc4ccccc4N3C)C(=O)N2C2CCCCC2)cc1. The molecule has 6 nitrogen and oxygen atoms in total. The van der Waals surface area contributed by atoms with E-state index in [0.29, 0.717) is 4.91 Å². The summed E-state index contributed by atoms with van der Waals surface area (Å²) in [7, 11) is -2.00. The van der Waals surface area contributed by atoms with Crippen molar-refractivity contribution in [2.75, 3.05) is 11.9 Å². The van der Waals surface area contributed by atoms with E-state index in [1.165, 1.54) is 11.8 Å². The zero-order chi connectivity index (χ0) is 23.2. The van der Waals surface area contributed by atoms with Crippen molar-refractivity contribution in [1.82, 2.24) is 4.90 Å². The average molecular weight is 500 g/mol. The number of hydrogen-bond acceptors (Lipinski definition) is 6. The van der Waals surface area contributed by atoms with Crippen LogP contribution in [0.1, 0.15) is 37.7 Å². The lowest BCUT2D eigenvalue weighted by molar-refractivity contribution is -0.124. The second-order valence-electron chi connectivity index (χ2n) is 8.49. The second kappa shape index (κ2) is 8.85. The minimum atomic E-state index is -3.94. The van der Waals surface area contributed by atoms with Crippen LogP contribution in [0.15, 0.2) is 72.7 Å². The summed E-state index contributed by atoms with van der Waals surface area (Å²) in [6, 6.07) is 14.6. The summed E-state index contributed by atoms with van der Waals surface area (Å²) in [5.41, 5.74) is 2.02. The summed E-state index contributed by atoms with van der Waals surface area (Å²) < 4.78 is 30.5. The van der Waals surface area contributed by atoms with E-state index in [0.717, 1.165) is 53.3 Å². The van der Waals surface area contributed by atoms with Gasteiger partial charge >= 0.3 is 0 Å². The Balaban J connectivity index is 1.57. The third-order valence-electron chi connectivity index (χ3n) is 6.20. The van der Waals surface area contributed by atoms with Crippen LogP contribution in [0, 0.1) is 6.92 Å². The molecule has 2 fully saturated rings. The molecule has 2 heterocycles. The van der Waals surface area contributed by atoms with Crippen LogP contribution in [-0.2, 0) is 14.8 Å². The lowest BCUT2D eigenvalue weighted by atomic mass is 9.94. The molecule has 5 rings (SSSR count). The van der Waals surface area contributed by atoms with Gasteiger partial charge in [-0.25, -0.2) is 0 Å². The van der Waals surface area contributed by atoms with Gasteiger partial charge < -0.3 is 4.90 Å². The number of sulfonamides is 1. The number of amides is 1. The molecular weight excluding hydrogens is 474 g/mol. The molecule has 0 spiro atoms. The van der Waals surface area contributed by atoms with Crippen molar-refractivity contribution in [3.05, 3.63) is 64.0 Å². The Morgan fingerprint density at radius 2 is 1.67 bits per heavy atom. The normalized spacial score (nSPS) is 23.0. The van der Waals surface area contributed by atoms with Crippen LogP contribution in [0.4, 0.5) is 5.69 Å². The molecule has 0 aromatic heterocycles. The third-order valence-corrected chi connectivity index (χ3v) is 10.0. The first kappa shape index (κ1) is 22.6. The van der Waals surface area contributed by atoms with Gasteiger partial charge in [-0.1, -0.05) is 60.9 Å². The number of hydrogen-bond donors (Lipinski definition) is 0. The summed E-state index contributed by atoms with van der Waals surface area (Å²) >= 11 is 2.73. The quantitative estimate of drug-likeness (QED) is 0.530. The van der Waals surface area contributed by atoms with Crippen molar-refractivity contribution >= 4 is 50.3 Å². The van der Waals surface area contributed by atoms with Crippen molar-refractivity contribution in [2.24, 2.45) is 4.40 Å². The van der Waals surface area contributed by atoms with Gasteiger partial charge in [0.15, 0.2) is 5.17 Å². The Morgan fingerprint density at radius 1 is 0.970 bits per heavy atom. The van der Waals surface area contributed by atoms with E-state index in [1.807, 2.05) is 43.1 Å². The first-order valence-corrected chi connectivity index (χ1v) is 14.1. The minimum Gasteiger partial charge on any atom is -0.337 e. The van der Waals surface area contributed by atoms with Gasteiger partial charge in [0.25, 0.3) is 15.9 Å². The minimum absolute atomic E-state index is 0.0251. The smallest absolute Gasteiger partial charge is 0.284 e. The monoisotopic (exact) mass is 499 g/mol. The molecule has 1 saturated carbocycles. The molecule has 2 aromatic carbocycles. The molecule has 0 radical (unpaired) electrons. The van der Waals surface area contributed by atoms with E-state index in [9.17, 15) is 13.2 Å². The number of carbonyl (C=O) groups excluding carboxylic acids is 1. The number of benzene rings is 2. The molecule has 33 heavy (non-hydrogen) atoms. The van der Waals surface area contributed by atoms with E-state index in [4.69, 9.17) is 0 Å². The number of anilines is 1. The zero-order valence-electron chi connectivity index (χ0n) is 18.5. The van der Waals surface area contributed by atoms with E-state index < -0.39 is 10.0 Å². The number of fused-ring (bicyclic) bond motifs is 1. The molecule has 0 N–H and O–H groups in total. The highest BCUT2D eigenvalue weighted by Gasteiger charge is 2.43. The van der Waals surface area contributed by atoms with Crippen LogP contribution in [0.3, 0.4) is 0 Å². The molecule has 172 valence electrons. The van der Waals surface area contributed by atoms with Gasteiger partial charge in [-0.3, -0.25) is 9.69 Å². The highest BCUT2D eigenvalue weighted by molar-refractivity contribution is 8.19. The third kappa shape index (κ3) is 4.22. The van der Waals surface area contributed by atoms with Gasteiger partial charge in [0.2, 0.25) is 0 Å². The van der Waals surface area contributed by atoms with Crippen LogP contribution in [0.5, 0.6) is 0 Å². The lowest BCUT2D eigenvalue weighted by Gasteiger charge is -2.30. The maximum Gasteiger partial charge on any atom is 0.284 e. The van der Waals surface area contributed by atoms with Gasteiger partial charge in [-0.2, -0.15) is 8.42 Å². The van der Waals surface area contributed by atoms with Crippen LogP contribution < -0.4 is 4.90 Å². The van der Waals surface area contributed by atoms with E-state index in [-0.39, 0.29) is 22.0 Å². The zero-order valence-corrected chi connectivity index (χ0v) is 21.0. The largest absolute Gasteiger partial charge is 0.337 e. The Kier molecular flexibility index (Phi) is 6.05. The van der Waals surface area contributed by atoms with Crippen molar-refractivity contribution < 1.29 is 13.2 Å². The number of aryl methyl sites for hydroxylation is 1. The summed E-state index contributed by atoms with van der Waals surface area (Å²) in [6.07, 6.45) is 4.93. The van der Waals surface area contributed by atoms with Crippen LogP contribution in [-0.4, -0.2) is 37.5 Å². The summed E-state index contributed by atoms with van der Waals surface area (Å²) in [4.78, 5) is 19.1. The predicted molar refractivity (Wildman–Crippen MR) is 135 cm³/mol. The van der Waals surface area contributed by atoms with Gasteiger partial charge in [0.1, 0.15) is 4.91 Å². The summed E-state index contributed by atoms with van der Waals surface area (Å²) in [5.74, 6) is -0.146. The van der Waals surface area contributed by atoms with Gasteiger partial charge in [-0.15, -0.1) is 4.40 Å². The van der Waals surface area contributed by atoms with Gasteiger partial charge in [0.05, 0.1) is 15.6 Å². The maximum absolute atomic E-state index is 13.7. The first-order valence-electron chi connectivity index (χ1n) is 11.0. The molecule has 2 aromatic rings. The lowest BCUT2D eigenvalue weighted by Crippen LogP contribution is -2.41. The molecule has 1 amide bonds.